The Balaban J connectivity index is 2.79. The predicted molar refractivity (Wildman–Crippen MR) is 55.8 cm³/mol. The van der Waals surface area contributed by atoms with E-state index in [2.05, 4.69) is 10.4 Å². The molecule has 0 aliphatic rings. The molecule has 0 bridgehead atoms. The SMILES string of the molecule is CCNc1cnn(CC(O)CO)c(=O)c1. The molecule has 1 unspecified atom stereocenters. The topological polar surface area (TPSA) is 87.4 Å². The fraction of sp³-hybridized carbons (Fsp3) is 0.556. The molecule has 0 spiro atoms. The Morgan fingerprint density at radius 1 is 1.67 bits per heavy atom. The number of anilines is 1. The monoisotopic (exact) mass is 213 g/mol. The molecule has 0 amide bonds. The summed E-state index contributed by atoms with van der Waals surface area (Å²) in [7, 11) is 0. The quantitative estimate of drug-likeness (QED) is 0.585. The normalized spacial score (nSPS) is 12.5. The zero-order valence-electron chi connectivity index (χ0n) is 8.55. The second-order valence-corrected chi connectivity index (χ2v) is 3.13. The molecule has 0 saturated heterocycles. The summed E-state index contributed by atoms with van der Waals surface area (Å²) in [5, 5.41) is 24.6. The minimum Gasteiger partial charge on any atom is -0.394 e. The van der Waals surface area contributed by atoms with Crippen molar-refractivity contribution >= 4 is 5.69 Å². The molecule has 1 atom stereocenters. The van der Waals surface area contributed by atoms with Gasteiger partial charge in [0.15, 0.2) is 0 Å². The van der Waals surface area contributed by atoms with Crippen LogP contribution in [0.3, 0.4) is 0 Å². The summed E-state index contributed by atoms with van der Waals surface area (Å²) in [5.74, 6) is 0. The molecule has 0 aliphatic heterocycles. The molecule has 1 heterocycles. The number of nitrogens with zero attached hydrogens (tertiary/aromatic N) is 2. The summed E-state index contributed by atoms with van der Waals surface area (Å²) < 4.78 is 1.11. The van der Waals surface area contributed by atoms with Crippen molar-refractivity contribution in [1.29, 1.82) is 0 Å². The Kier molecular flexibility index (Phi) is 4.26. The van der Waals surface area contributed by atoms with Crippen LogP contribution in [-0.2, 0) is 6.54 Å². The van der Waals surface area contributed by atoms with E-state index in [4.69, 9.17) is 10.2 Å². The molecular formula is C9H15N3O3. The second kappa shape index (κ2) is 5.47. The molecule has 0 fully saturated rings. The molecule has 84 valence electrons. The molecule has 0 radical (unpaired) electrons. The van der Waals surface area contributed by atoms with Crippen LogP contribution in [0.5, 0.6) is 0 Å². The average Bonchev–Trinajstić information content (AvgIpc) is 2.22. The van der Waals surface area contributed by atoms with Crippen molar-refractivity contribution in [3.05, 3.63) is 22.6 Å². The van der Waals surface area contributed by atoms with Crippen molar-refractivity contribution in [3.63, 3.8) is 0 Å². The molecule has 1 aromatic rings. The maximum atomic E-state index is 11.4. The summed E-state index contributed by atoms with van der Waals surface area (Å²) in [6, 6.07) is 1.40. The van der Waals surface area contributed by atoms with Crippen LogP contribution in [0.15, 0.2) is 17.1 Å². The minimum atomic E-state index is -0.958. The molecule has 0 aromatic carbocycles. The van der Waals surface area contributed by atoms with Crippen LogP contribution in [-0.4, -0.2) is 39.2 Å². The molecule has 0 aliphatic carbocycles. The van der Waals surface area contributed by atoms with Crippen LogP contribution in [0.4, 0.5) is 5.69 Å². The number of hydrogen-bond donors (Lipinski definition) is 3. The summed E-state index contributed by atoms with van der Waals surface area (Å²) in [6.45, 7) is 2.25. The van der Waals surface area contributed by atoms with Crippen LogP contribution >= 0.6 is 0 Å². The van der Waals surface area contributed by atoms with Gasteiger partial charge in [-0.3, -0.25) is 4.79 Å². The molecule has 3 N–H and O–H groups in total. The average molecular weight is 213 g/mol. The van der Waals surface area contributed by atoms with Gasteiger partial charge in [-0.2, -0.15) is 5.10 Å². The van der Waals surface area contributed by atoms with Gasteiger partial charge in [-0.1, -0.05) is 0 Å². The Morgan fingerprint density at radius 2 is 2.40 bits per heavy atom. The van der Waals surface area contributed by atoms with E-state index in [1.54, 1.807) is 0 Å². The van der Waals surface area contributed by atoms with Gasteiger partial charge in [0.2, 0.25) is 0 Å². The Labute approximate surface area is 87.2 Å². The number of rotatable bonds is 5. The summed E-state index contributed by atoms with van der Waals surface area (Å²) in [4.78, 5) is 11.4. The lowest BCUT2D eigenvalue weighted by Crippen LogP contribution is -2.30. The van der Waals surface area contributed by atoms with Crippen molar-refractivity contribution in [2.24, 2.45) is 0 Å². The first-order valence-electron chi connectivity index (χ1n) is 4.77. The summed E-state index contributed by atoms with van der Waals surface area (Å²) in [6.07, 6.45) is 0.551. The number of aliphatic hydroxyl groups excluding tert-OH is 2. The summed E-state index contributed by atoms with van der Waals surface area (Å²) >= 11 is 0. The standard InChI is InChI=1S/C9H15N3O3/c1-2-10-7-3-9(15)12(11-4-7)5-8(14)6-13/h3-4,8,10,13-14H,2,5-6H2,1H3. The molecule has 1 aromatic heterocycles. The van der Waals surface area contributed by atoms with Gasteiger partial charge in [-0.25, -0.2) is 4.68 Å². The highest BCUT2D eigenvalue weighted by Gasteiger charge is 2.05. The minimum absolute atomic E-state index is 0.00172. The molecule has 6 nitrogen and oxygen atoms in total. The van der Waals surface area contributed by atoms with E-state index in [9.17, 15) is 4.79 Å². The Bertz CT molecular complexity index is 364. The van der Waals surface area contributed by atoms with Crippen LogP contribution in [0.1, 0.15) is 6.92 Å². The van der Waals surface area contributed by atoms with Gasteiger partial charge in [-0.05, 0) is 6.92 Å². The number of hydrogen-bond acceptors (Lipinski definition) is 5. The van der Waals surface area contributed by atoms with Crippen molar-refractivity contribution in [1.82, 2.24) is 9.78 Å². The third-order valence-corrected chi connectivity index (χ3v) is 1.84. The molecule has 6 heteroatoms. The maximum absolute atomic E-state index is 11.4. The highest BCUT2D eigenvalue weighted by molar-refractivity contribution is 5.38. The molecular weight excluding hydrogens is 198 g/mol. The molecule has 1 rings (SSSR count). The van der Waals surface area contributed by atoms with Crippen LogP contribution in [0.2, 0.25) is 0 Å². The third-order valence-electron chi connectivity index (χ3n) is 1.84. The van der Waals surface area contributed by atoms with Gasteiger partial charge in [-0.15, -0.1) is 0 Å². The van der Waals surface area contributed by atoms with E-state index in [1.807, 2.05) is 6.92 Å². The van der Waals surface area contributed by atoms with Crippen molar-refractivity contribution in [2.45, 2.75) is 19.6 Å². The molecule has 0 saturated carbocycles. The van der Waals surface area contributed by atoms with Crippen LogP contribution < -0.4 is 10.9 Å². The third kappa shape index (κ3) is 3.34. The highest BCUT2D eigenvalue weighted by atomic mass is 16.3. The zero-order valence-corrected chi connectivity index (χ0v) is 8.55. The van der Waals surface area contributed by atoms with Gasteiger partial charge in [0.25, 0.3) is 5.56 Å². The van der Waals surface area contributed by atoms with Gasteiger partial charge in [0.05, 0.1) is 31.1 Å². The van der Waals surface area contributed by atoms with Crippen molar-refractivity contribution in [3.8, 4) is 0 Å². The Hall–Kier alpha value is -1.40. The van der Waals surface area contributed by atoms with E-state index >= 15 is 0 Å². The van der Waals surface area contributed by atoms with E-state index < -0.39 is 6.10 Å². The second-order valence-electron chi connectivity index (χ2n) is 3.13. The zero-order chi connectivity index (χ0) is 11.3. The first-order valence-corrected chi connectivity index (χ1v) is 4.77. The summed E-state index contributed by atoms with van der Waals surface area (Å²) in [5.41, 5.74) is 0.346. The number of aromatic nitrogens is 2. The lowest BCUT2D eigenvalue weighted by atomic mass is 10.4. The van der Waals surface area contributed by atoms with E-state index in [1.165, 1.54) is 12.3 Å². The van der Waals surface area contributed by atoms with E-state index in [0.717, 1.165) is 4.68 Å². The van der Waals surface area contributed by atoms with Gasteiger partial charge >= 0.3 is 0 Å². The van der Waals surface area contributed by atoms with Crippen molar-refractivity contribution in [2.75, 3.05) is 18.5 Å². The fourth-order valence-electron chi connectivity index (χ4n) is 1.13. The first kappa shape index (κ1) is 11.7. The van der Waals surface area contributed by atoms with Gasteiger partial charge < -0.3 is 15.5 Å². The van der Waals surface area contributed by atoms with E-state index in [-0.39, 0.29) is 18.7 Å². The molecule has 15 heavy (non-hydrogen) atoms. The first-order chi connectivity index (χ1) is 7.17. The van der Waals surface area contributed by atoms with Gasteiger partial charge in [0.1, 0.15) is 0 Å². The number of aliphatic hydroxyl groups is 2. The van der Waals surface area contributed by atoms with Crippen molar-refractivity contribution < 1.29 is 10.2 Å². The number of nitrogens with one attached hydrogen (secondary N) is 1. The van der Waals surface area contributed by atoms with Gasteiger partial charge in [0, 0.05) is 12.6 Å². The lowest BCUT2D eigenvalue weighted by Gasteiger charge is -2.09. The smallest absolute Gasteiger partial charge is 0.268 e. The van der Waals surface area contributed by atoms with Crippen LogP contribution in [0, 0.1) is 0 Å². The van der Waals surface area contributed by atoms with Crippen LogP contribution in [0.25, 0.3) is 0 Å². The largest absolute Gasteiger partial charge is 0.394 e. The predicted octanol–water partition coefficient (Wildman–Crippen LogP) is -0.972. The maximum Gasteiger partial charge on any atom is 0.268 e. The van der Waals surface area contributed by atoms with E-state index in [0.29, 0.717) is 12.2 Å². The fourth-order valence-corrected chi connectivity index (χ4v) is 1.13. The Morgan fingerprint density at radius 3 is 2.93 bits per heavy atom. The highest BCUT2D eigenvalue weighted by Crippen LogP contribution is 1.98. The lowest BCUT2D eigenvalue weighted by molar-refractivity contribution is 0.0770.